The quantitative estimate of drug-likeness (QED) is 0.485. The minimum absolute atomic E-state index is 0.0842. The Morgan fingerprint density at radius 2 is 1.74 bits per heavy atom. The lowest BCUT2D eigenvalue weighted by Gasteiger charge is -2.08. The van der Waals surface area contributed by atoms with Gasteiger partial charge in [-0.1, -0.05) is 11.6 Å². The first-order valence-corrected chi connectivity index (χ1v) is 9.55. The summed E-state index contributed by atoms with van der Waals surface area (Å²) in [7, 11) is -3.75. The first-order valence-electron chi connectivity index (χ1n) is 7.69. The van der Waals surface area contributed by atoms with Crippen LogP contribution in [-0.2, 0) is 10.0 Å². The molecule has 7 nitrogen and oxygen atoms in total. The van der Waals surface area contributed by atoms with Crippen LogP contribution < -0.4 is 10.1 Å². The van der Waals surface area contributed by atoms with Crippen LogP contribution >= 0.6 is 11.6 Å². The number of nitrogens with zero attached hydrogens (tertiary/aromatic N) is 1. The van der Waals surface area contributed by atoms with Gasteiger partial charge in [0.25, 0.3) is 15.9 Å². The molecule has 3 aromatic rings. The molecule has 0 unspecified atom stereocenters. The van der Waals surface area contributed by atoms with Crippen molar-refractivity contribution < 1.29 is 17.6 Å². The van der Waals surface area contributed by atoms with Gasteiger partial charge in [-0.3, -0.25) is 9.52 Å². The third kappa shape index (κ3) is 4.96. The number of halogens is 1. The zero-order chi connectivity index (χ0) is 19.3. The Labute approximate surface area is 160 Å². The highest BCUT2D eigenvalue weighted by molar-refractivity contribution is 7.92. The van der Waals surface area contributed by atoms with E-state index in [2.05, 4.69) is 15.2 Å². The van der Waals surface area contributed by atoms with Gasteiger partial charge in [0.1, 0.15) is 5.76 Å². The van der Waals surface area contributed by atoms with Gasteiger partial charge < -0.3 is 4.42 Å². The van der Waals surface area contributed by atoms with Crippen LogP contribution in [0.2, 0.25) is 5.02 Å². The van der Waals surface area contributed by atoms with Gasteiger partial charge in [0.05, 0.1) is 17.4 Å². The van der Waals surface area contributed by atoms with E-state index in [1.165, 1.54) is 61.0 Å². The molecule has 0 aliphatic carbocycles. The fourth-order valence-electron chi connectivity index (χ4n) is 2.10. The van der Waals surface area contributed by atoms with E-state index in [0.29, 0.717) is 22.0 Å². The largest absolute Gasteiger partial charge is 0.463 e. The van der Waals surface area contributed by atoms with Crippen LogP contribution in [0.4, 0.5) is 5.69 Å². The lowest BCUT2D eigenvalue weighted by atomic mass is 10.2. The molecule has 1 aromatic heterocycles. The van der Waals surface area contributed by atoms with Crippen molar-refractivity contribution in [3.63, 3.8) is 0 Å². The molecule has 0 aliphatic heterocycles. The molecule has 0 spiro atoms. The van der Waals surface area contributed by atoms with Crippen molar-refractivity contribution in [2.75, 3.05) is 4.72 Å². The second kappa shape index (κ2) is 8.07. The fourth-order valence-corrected chi connectivity index (χ4v) is 3.29. The highest BCUT2D eigenvalue weighted by Gasteiger charge is 2.14. The molecule has 0 aliphatic rings. The first-order chi connectivity index (χ1) is 12.9. The van der Waals surface area contributed by atoms with Crippen molar-refractivity contribution in [3.8, 4) is 0 Å². The Hall–Kier alpha value is -3.10. The van der Waals surface area contributed by atoms with Crippen LogP contribution in [0.15, 0.2) is 81.3 Å². The molecular weight excluding hydrogens is 390 g/mol. The molecule has 3 rings (SSSR count). The SMILES string of the molecule is O=C(NN=Cc1ccco1)c1ccc(NS(=O)(=O)c2ccc(Cl)cc2)cc1. The zero-order valence-electron chi connectivity index (χ0n) is 13.8. The topological polar surface area (TPSA) is 101 Å². The monoisotopic (exact) mass is 403 g/mol. The van der Waals surface area contributed by atoms with Crippen molar-refractivity contribution in [3.05, 3.63) is 83.3 Å². The Kier molecular flexibility index (Phi) is 5.58. The summed E-state index contributed by atoms with van der Waals surface area (Å²) >= 11 is 5.77. The number of benzene rings is 2. The molecule has 1 amide bonds. The van der Waals surface area contributed by atoms with Crippen LogP contribution in [0.25, 0.3) is 0 Å². The molecule has 2 N–H and O–H groups in total. The summed E-state index contributed by atoms with van der Waals surface area (Å²) in [5, 5.41) is 4.22. The number of rotatable bonds is 6. The first kappa shape index (κ1) is 18.7. The van der Waals surface area contributed by atoms with Gasteiger partial charge in [-0.05, 0) is 60.7 Å². The molecule has 0 atom stereocenters. The molecule has 9 heteroatoms. The maximum atomic E-state index is 12.3. The molecule has 27 heavy (non-hydrogen) atoms. The minimum Gasteiger partial charge on any atom is -0.463 e. The average molecular weight is 404 g/mol. The number of carbonyl (C=O) groups is 1. The van der Waals surface area contributed by atoms with E-state index in [1.54, 1.807) is 12.1 Å². The standard InChI is InChI=1S/C18H14ClN3O4S/c19-14-5-9-17(10-6-14)27(24,25)22-15-7-3-13(4-8-15)18(23)21-20-12-16-2-1-11-26-16/h1-12,22H,(H,21,23). The smallest absolute Gasteiger partial charge is 0.271 e. The van der Waals surface area contributed by atoms with Gasteiger partial charge >= 0.3 is 0 Å². The highest BCUT2D eigenvalue weighted by atomic mass is 35.5. The van der Waals surface area contributed by atoms with E-state index in [1.807, 2.05) is 0 Å². The maximum Gasteiger partial charge on any atom is 0.271 e. The number of furan rings is 1. The third-order valence-corrected chi connectivity index (χ3v) is 5.07. The number of sulfonamides is 1. The van der Waals surface area contributed by atoms with E-state index >= 15 is 0 Å². The van der Waals surface area contributed by atoms with Crippen LogP contribution in [0, 0.1) is 0 Å². The van der Waals surface area contributed by atoms with Crippen LogP contribution in [0.1, 0.15) is 16.1 Å². The summed E-state index contributed by atoms with van der Waals surface area (Å²) in [4.78, 5) is 12.1. The summed E-state index contributed by atoms with van der Waals surface area (Å²) in [5.41, 5.74) is 3.00. The second-order valence-electron chi connectivity index (χ2n) is 5.35. The summed E-state index contributed by atoms with van der Waals surface area (Å²) in [6.45, 7) is 0. The minimum atomic E-state index is -3.75. The number of carbonyl (C=O) groups excluding carboxylic acids is 1. The van der Waals surface area contributed by atoms with Crippen molar-refractivity contribution >= 4 is 39.4 Å². The Balaban J connectivity index is 1.64. The van der Waals surface area contributed by atoms with Gasteiger partial charge in [-0.15, -0.1) is 0 Å². The van der Waals surface area contributed by atoms with Crippen molar-refractivity contribution in [2.24, 2.45) is 5.10 Å². The van der Waals surface area contributed by atoms with E-state index in [0.717, 1.165) is 0 Å². The van der Waals surface area contributed by atoms with Gasteiger partial charge in [0, 0.05) is 16.3 Å². The van der Waals surface area contributed by atoms with E-state index in [4.69, 9.17) is 16.0 Å². The molecule has 0 saturated carbocycles. The predicted octanol–water partition coefficient (Wildman–Crippen LogP) is 3.50. The number of anilines is 1. The summed E-state index contributed by atoms with van der Waals surface area (Å²) < 4.78 is 32.1. The zero-order valence-corrected chi connectivity index (χ0v) is 15.4. The fraction of sp³-hybridized carbons (Fsp3) is 0. The molecule has 0 bridgehead atoms. The van der Waals surface area contributed by atoms with Gasteiger partial charge in [0.15, 0.2) is 0 Å². The summed E-state index contributed by atoms with van der Waals surface area (Å²) in [6.07, 6.45) is 2.86. The molecule has 0 radical (unpaired) electrons. The summed E-state index contributed by atoms with van der Waals surface area (Å²) in [6, 6.07) is 15.1. The van der Waals surface area contributed by atoms with E-state index < -0.39 is 15.9 Å². The van der Waals surface area contributed by atoms with Crippen LogP contribution in [0.3, 0.4) is 0 Å². The lowest BCUT2D eigenvalue weighted by molar-refractivity contribution is 0.0955. The highest BCUT2D eigenvalue weighted by Crippen LogP contribution is 2.18. The molecule has 2 aromatic carbocycles. The molecule has 138 valence electrons. The number of amides is 1. The molecular formula is C18H14ClN3O4S. The number of hydrogen-bond acceptors (Lipinski definition) is 5. The van der Waals surface area contributed by atoms with E-state index in [-0.39, 0.29) is 4.90 Å². The summed E-state index contributed by atoms with van der Waals surface area (Å²) in [5.74, 6) is 0.0622. The Morgan fingerprint density at radius 3 is 2.37 bits per heavy atom. The maximum absolute atomic E-state index is 12.3. The van der Waals surface area contributed by atoms with Gasteiger partial charge in [0.2, 0.25) is 0 Å². The van der Waals surface area contributed by atoms with Gasteiger partial charge in [-0.25, -0.2) is 13.8 Å². The van der Waals surface area contributed by atoms with Crippen molar-refractivity contribution in [2.45, 2.75) is 4.90 Å². The molecule has 0 saturated heterocycles. The van der Waals surface area contributed by atoms with Crippen LogP contribution in [0.5, 0.6) is 0 Å². The second-order valence-corrected chi connectivity index (χ2v) is 7.47. The Morgan fingerprint density at radius 1 is 1.04 bits per heavy atom. The molecule has 1 heterocycles. The third-order valence-electron chi connectivity index (χ3n) is 3.42. The van der Waals surface area contributed by atoms with Crippen LogP contribution in [-0.4, -0.2) is 20.5 Å². The molecule has 0 fully saturated rings. The Bertz CT molecular complexity index is 1050. The number of nitrogens with one attached hydrogen (secondary N) is 2. The number of hydrazone groups is 1. The van der Waals surface area contributed by atoms with E-state index in [9.17, 15) is 13.2 Å². The number of hydrogen-bond donors (Lipinski definition) is 2. The lowest BCUT2D eigenvalue weighted by Crippen LogP contribution is -2.18. The normalized spacial score (nSPS) is 11.4. The van der Waals surface area contributed by atoms with Gasteiger partial charge in [-0.2, -0.15) is 5.10 Å². The van der Waals surface area contributed by atoms with Crippen molar-refractivity contribution in [1.82, 2.24) is 5.43 Å². The van der Waals surface area contributed by atoms with Crippen molar-refractivity contribution in [1.29, 1.82) is 0 Å². The average Bonchev–Trinajstić information content (AvgIpc) is 3.16. The predicted molar refractivity (Wildman–Crippen MR) is 102 cm³/mol.